The van der Waals surface area contributed by atoms with Crippen molar-refractivity contribution < 1.29 is 9.18 Å². The highest BCUT2D eigenvalue weighted by Crippen LogP contribution is 2.31. The second-order valence-corrected chi connectivity index (χ2v) is 8.99. The Morgan fingerprint density at radius 1 is 1.26 bits per heavy atom. The van der Waals surface area contributed by atoms with E-state index in [1.807, 2.05) is 31.2 Å². The molecule has 3 aromatic rings. The van der Waals surface area contributed by atoms with E-state index in [0.29, 0.717) is 17.7 Å². The van der Waals surface area contributed by atoms with Gasteiger partial charge in [0.25, 0.3) is 5.91 Å². The molecule has 0 radical (unpaired) electrons. The number of aromatic nitrogens is 4. The fourth-order valence-electron chi connectivity index (χ4n) is 4.14. The molecule has 0 spiro atoms. The van der Waals surface area contributed by atoms with Crippen LogP contribution in [0.5, 0.6) is 0 Å². The minimum Gasteiger partial charge on any atom is -0.353 e. The molecule has 2 aliphatic heterocycles. The molecule has 2 unspecified atom stereocenters. The zero-order chi connectivity index (χ0) is 23.7. The van der Waals surface area contributed by atoms with Gasteiger partial charge in [-0.1, -0.05) is 6.07 Å². The maximum atomic E-state index is 15.2. The molecule has 4 N–H and O–H groups in total. The summed E-state index contributed by atoms with van der Waals surface area (Å²) in [6.45, 7) is 4.20. The molecule has 34 heavy (non-hydrogen) atoms. The van der Waals surface area contributed by atoms with E-state index >= 15 is 4.39 Å². The molecule has 3 aromatic heterocycles. The zero-order valence-corrected chi connectivity index (χ0v) is 19.1. The van der Waals surface area contributed by atoms with Crippen molar-refractivity contribution in [3.8, 4) is 5.82 Å². The number of pyridine rings is 2. The van der Waals surface area contributed by atoms with Crippen LogP contribution in [0.25, 0.3) is 5.82 Å². The van der Waals surface area contributed by atoms with Gasteiger partial charge in [-0.15, -0.1) is 0 Å². The average Bonchev–Trinajstić information content (AvgIpc) is 3.47. The molecule has 5 heterocycles. The lowest BCUT2D eigenvalue weighted by Crippen LogP contribution is -2.66. The Morgan fingerprint density at radius 2 is 2.12 bits per heavy atom. The summed E-state index contributed by atoms with van der Waals surface area (Å²) in [6, 6.07) is 9.67. The number of hydrazine groups is 1. The molecular formula is C23H28FN9O. The van der Waals surface area contributed by atoms with Crippen molar-refractivity contribution >= 4 is 17.5 Å². The maximum absolute atomic E-state index is 15.2. The van der Waals surface area contributed by atoms with Gasteiger partial charge in [0.15, 0.2) is 5.82 Å². The third-order valence-electron chi connectivity index (χ3n) is 5.99. The third-order valence-corrected chi connectivity index (χ3v) is 5.99. The first-order chi connectivity index (χ1) is 16.4. The Hall–Kier alpha value is -3.57. The molecular weight excluding hydrogens is 437 g/mol. The predicted octanol–water partition coefficient (Wildman–Crippen LogP) is 1.44. The minimum absolute atomic E-state index is 0.0362. The fourth-order valence-corrected chi connectivity index (χ4v) is 4.14. The second kappa shape index (κ2) is 8.99. The molecule has 0 saturated carbocycles. The van der Waals surface area contributed by atoms with Crippen LogP contribution in [0.2, 0.25) is 0 Å². The summed E-state index contributed by atoms with van der Waals surface area (Å²) in [7, 11) is 0. The summed E-state index contributed by atoms with van der Waals surface area (Å²) in [4.78, 5) is 23.3. The van der Waals surface area contributed by atoms with Gasteiger partial charge in [0.1, 0.15) is 11.6 Å². The normalized spacial score (nSPS) is 21.2. The maximum Gasteiger partial charge on any atom is 0.261 e. The first-order valence-electron chi connectivity index (χ1n) is 11.3. The van der Waals surface area contributed by atoms with E-state index in [1.54, 1.807) is 34.2 Å². The van der Waals surface area contributed by atoms with Crippen LogP contribution in [0.4, 0.5) is 16.0 Å². The van der Waals surface area contributed by atoms with E-state index in [-0.39, 0.29) is 25.8 Å². The van der Waals surface area contributed by atoms with Gasteiger partial charge >= 0.3 is 0 Å². The van der Waals surface area contributed by atoms with Gasteiger partial charge in [0.2, 0.25) is 5.67 Å². The highest BCUT2D eigenvalue weighted by molar-refractivity contribution is 5.88. The second-order valence-electron chi connectivity index (χ2n) is 8.99. The first-order valence-corrected chi connectivity index (χ1v) is 11.3. The summed E-state index contributed by atoms with van der Waals surface area (Å²) in [6.07, 6.45) is 6.11. The number of hydrogen-bond donors (Lipinski definition) is 4. The summed E-state index contributed by atoms with van der Waals surface area (Å²) in [5, 5.41) is 10.2. The van der Waals surface area contributed by atoms with Crippen molar-refractivity contribution in [2.24, 2.45) is 0 Å². The van der Waals surface area contributed by atoms with Crippen molar-refractivity contribution in [3.63, 3.8) is 0 Å². The van der Waals surface area contributed by atoms with E-state index in [4.69, 9.17) is 0 Å². The quantitative estimate of drug-likeness (QED) is 0.415. The van der Waals surface area contributed by atoms with E-state index in [1.165, 1.54) is 0 Å². The highest BCUT2D eigenvalue weighted by Gasteiger charge is 2.50. The number of anilines is 2. The van der Waals surface area contributed by atoms with Crippen LogP contribution in [-0.4, -0.2) is 56.6 Å². The van der Waals surface area contributed by atoms with E-state index in [0.717, 1.165) is 23.4 Å². The standard InChI is InChI=1S/C23H28FN9O/c1-15-8-18(28-19-10-16(2)30-31-19)29-21(9-15)32-13-23(24,14-32)22(34)26-12-17-4-5-20(25-11-17)33-7-3-6-27-33/h3-9,11,16,19,30-31H,10,12-14H2,1-2H3,(H,26,34)(H,28,29). The van der Waals surface area contributed by atoms with Gasteiger partial charge in [0, 0.05) is 31.2 Å². The van der Waals surface area contributed by atoms with Crippen molar-refractivity contribution in [2.75, 3.05) is 23.3 Å². The number of rotatable bonds is 7. The van der Waals surface area contributed by atoms with Crippen LogP contribution in [0, 0.1) is 6.92 Å². The van der Waals surface area contributed by atoms with Crippen LogP contribution >= 0.6 is 0 Å². The lowest BCUT2D eigenvalue weighted by Gasteiger charge is -2.44. The Bertz CT molecular complexity index is 1150. The SMILES string of the molecule is Cc1cc(NC2CC(C)NN2)nc(N2CC(F)(C(=O)NCc3ccc(-n4cccn4)nc3)C2)c1. The van der Waals surface area contributed by atoms with E-state index in [9.17, 15) is 4.79 Å². The minimum atomic E-state index is -1.95. The van der Waals surface area contributed by atoms with E-state index in [2.05, 4.69) is 43.5 Å². The number of carbonyl (C=O) groups excluding carboxylic acids is 1. The molecule has 5 rings (SSSR count). The van der Waals surface area contributed by atoms with Gasteiger partial charge in [-0.2, -0.15) is 5.10 Å². The van der Waals surface area contributed by atoms with Crippen LogP contribution in [0.3, 0.4) is 0 Å². The fraction of sp³-hybridized carbons (Fsp3) is 0.391. The molecule has 2 saturated heterocycles. The predicted molar refractivity (Wildman–Crippen MR) is 126 cm³/mol. The summed E-state index contributed by atoms with van der Waals surface area (Å²) in [5.74, 6) is 1.42. The molecule has 2 atom stereocenters. The molecule has 2 fully saturated rings. The number of alkyl halides is 1. The summed E-state index contributed by atoms with van der Waals surface area (Å²) < 4.78 is 16.9. The van der Waals surface area contributed by atoms with Crippen molar-refractivity contribution in [3.05, 3.63) is 60.0 Å². The number of aryl methyl sites for hydroxylation is 1. The van der Waals surface area contributed by atoms with Gasteiger partial charge in [-0.05, 0) is 55.7 Å². The molecule has 10 nitrogen and oxygen atoms in total. The Morgan fingerprint density at radius 3 is 2.79 bits per heavy atom. The van der Waals surface area contributed by atoms with Crippen molar-refractivity contribution in [1.82, 2.24) is 35.9 Å². The molecule has 1 amide bonds. The molecule has 11 heteroatoms. The van der Waals surface area contributed by atoms with Gasteiger partial charge in [-0.25, -0.2) is 24.5 Å². The topological polar surface area (TPSA) is 112 Å². The third kappa shape index (κ3) is 4.70. The molecule has 178 valence electrons. The van der Waals surface area contributed by atoms with Crippen LogP contribution in [-0.2, 0) is 11.3 Å². The number of hydrogen-bond acceptors (Lipinski definition) is 8. The molecule has 0 aliphatic carbocycles. The average molecular weight is 466 g/mol. The van der Waals surface area contributed by atoms with Gasteiger partial charge in [0.05, 0.1) is 19.3 Å². The first kappa shape index (κ1) is 22.2. The van der Waals surface area contributed by atoms with Crippen LogP contribution < -0.4 is 26.4 Å². The lowest BCUT2D eigenvalue weighted by molar-refractivity contribution is -0.134. The number of carbonyl (C=O) groups is 1. The monoisotopic (exact) mass is 465 g/mol. The highest BCUT2D eigenvalue weighted by atomic mass is 19.1. The number of nitrogens with zero attached hydrogens (tertiary/aromatic N) is 5. The van der Waals surface area contributed by atoms with Gasteiger partial charge in [-0.3, -0.25) is 10.2 Å². The molecule has 0 aromatic carbocycles. The zero-order valence-electron chi connectivity index (χ0n) is 19.1. The Kier molecular flexibility index (Phi) is 5.88. The largest absolute Gasteiger partial charge is 0.353 e. The lowest BCUT2D eigenvalue weighted by atomic mass is 9.95. The number of nitrogens with one attached hydrogen (secondary N) is 4. The smallest absolute Gasteiger partial charge is 0.261 e. The summed E-state index contributed by atoms with van der Waals surface area (Å²) >= 11 is 0. The molecule has 0 bridgehead atoms. The Balaban J connectivity index is 1.15. The van der Waals surface area contributed by atoms with Crippen LogP contribution in [0.1, 0.15) is 24.5 Å². The van der Waals surface area contributed by atoms with Crippen molar-refractivity contribution in [2.45, 2.75) is 44.7 Å². The van der Waals surface area contributed by atoms with Crippen molar-refractivity contribution in [1.29, 1.82) is 0 Å². The van der Waals surface area contributed by atoms with Gasteiger partial charge < -0.3 is 15.5 Å². The number of amides is 1. The van der Waals surface area contributed by atoms with E-state index < -0.39 is 11.6 Å². The molecule has 2 aliphatic rings. The summed E-state index contributed by atoms with van der Waals surface area (Å²) in [5.41, 5.74) is 6.19. The number of halogens is 1. The Labute approximate surface area is 196 Å². The van der Waals surface area contributed by atoms with Crippen LogP contribution in [0.15, 0.2) is 48.9 Å².